The zero-order valence-corrected chi connectivity index (χ0v) is 12.9. The zero-order valence-electron chi connectivity index (χ0n) is 12.9. The summed E-state index contributed by atoms with van der Waals surface area (Å²) in [5, 5.41) is 8.27. The van der Waals surface area contributed by atoms with Gasteiger partial charge in [-0.1, -0.05) is 13.8 Å². The third kappa shape index (κ3) is 2.64. The number of aromatic nitrogens is 2. The van der Waals surface area contributed by atoms with E-state index in [1.165, 1.54) is 18.5 Å². The van der Waals surface area contributed by atoms with Gasteiger partial charge in [0.2, 0.25) is 0 Å². The van der Waals surface area contributed by atoms with E-state index in [0.29, 0.717) is 12.0 Å². The van der Waals surface area contributed by atoms with Gasteiger partial charge in [-0.15, -0.1) is 0 Å². The summed E-state index contributed by atoms with van der Waals surface area (Å²) >= 11 is 0. The molecule has 19 heavy (non-hydrogen) atoms. The highest BCUT2D eigenvalue weighted by Crippen LogP contribution is 2.42. The van der Waals surface area contributed by atoms with E-state index in [1.807, 2.05) is 6.20 Å². The summed E-state index contributed by atoms with van der Waals surface area (Å²) in [5.41, 5.74) is 1.26. The highest BCUT2D eigenvalue weighted by atomic mass is 16.5. The molecule has 1 aliphatic rings. The SMILES string of the molecule is COc1cnn(C(C)C)c1C1(CC(C)C)CCCN1. The maximum atomic E-state index is 5.57. The number of methoxy groups -OCH3 is 1. The molecule has 4 heteroatoms. The van der Waals surface area contributed by atoms with Gasteiger partial charge in [0.1, 0.15) is 5.69 Å². The number of nitrogens with one attached hydrogen (secondary N) is 1. The number of nitrogens with zero attached hydrogens (tertiary/aromatic N) is 2. The molecule has 1 aliphatic heterocycles. The van der Waals surface area contributed by atoms with Crippen molar-refractivity contribution in [1.29, 1.82) is 0 Å². The van der Waals surface area contributed by atoms with Crippen molar-refractivity contribution in [2.24, 2.45) is 5.92 Å². The predicted octanol–water partition coefficient (Wildman–Crippen LogP) is 3.10. The first-order chi connectivity index (χ1) is 9.00. The van der Waals surface area contributed by atoms with Gasteiger partial charge in [0, 0.05) is 6.04 Å². The quantitative estimate of drug-likeness (QED) is 0.889. The Morgan fingerprint density at radius 2 is 2.16 bits per heavy atom. The molecule has 0 aliphatic carbocycles. The fraction of sp³-hybridized carbons (Fsp3) is 0.800. The van der Waals surface area contributed by atoms with E-state index < -0.39 is 0 Å². The molecule has 4 nitrogen and oxygen atoms in total. The summed E-state index contributed by atoms with van der Waals surface area (Å²) < 4.78 is 7.70. The van der Waals surface area contributed by atoms with Gasteiger partial charge in [-0.3, -0.25) is 4.68 Å². The Bertz CT molecular complexity index is 417. The Morgan fingerprint density at radius 3 is 2.63 bits per heavy atom. The van der Waals surface area contributed by atoms with Gasteiger partial charge in [0.25, 0.3) is 0 Å². The summed E-state index contributed by atoms with van der Waals surface area (Å²) in [6.45, 7) is 10.00. The van der Waals surface area contributed by atoms with Crippen LogP contribution >= 0.6 is 0 Å². The third-order valence-corrected chi connectivity index (χ3v) is 3.92. The Balaban J connectivity index is 2.49. The Morgan fingerprint density at radius 1 is 1.42 bits per heavy atom. The second kappa shape index (κ2) is 5.53. The van der Waals surface area contributed by atoms with Gasteiger partial charge in [-0.25, -0.2) is 0 Å². The summed E-state index contributed by atoms with van der Waals surface area (Å²) in [5.74, 6) is 1.56. The smallest absolute Gasteiger partial charge is 0.161 e. The Labute approximate surface area is 116 Å². The molecule has 0 aromatic carbocycles. The zero-order chi connectivity index (χ0) is 14.0. The van der Waals surface area contributed by atoms with Crippen molar-refractivity contribution in [3.8, 4) is 5.75 Å². The first kappa shape index (κ1) is 14.4. The van der Waals surface area contributed by atoms with E-state index in [4.69, 9.17) is 4.74 Å². The Hall–Kier alpha value is -1.03. The van der Waals surface area contributed by atoms with Crippen molar-refractivity contribution in [1.82, 2.24) is 15.1 Å². The van der Waals surface area contributed by atoms with Crippen LogP contribution in [0.4, 0.5) is 0 Å². The number of ether oxygens (including phenoxy) is 1. The molecule has 2 rings (SSSR count). The van der Waals surface area contributed by atoms with Crippen LogP contribution in [0.25, 0.3) is 0 Å². The van der Waals surface area contributed by atoms with Gasteiger partial charge in [0.15, 0.2) is 5.75 Å². The van der Waals surface area contributed by atoms with E-state index in [0.717, 1.165) is 18.7 Å². The van der Waals surface area contributed by atoms with Gasteiger partial charge in [-0.05, 0) is 45.6 Å². The Kier molecular flexibility index (Phi) is 4.19. The van der Waals surface area contributed by atoms with Crippen molar-refractivity contribution in [3.05, 3.63) is 11.9 Å². The molecule has 1 aromatic rings. The minimum Gasteiger partial charge on any atom is -0.493 e. The van der Waals surface area contributed by atoms with Crippen molar-refractivity contribution >= 4 is 0 Å². The standard InChI is InChI=1S/C15H27N3O/c1-11(2)9-15(7-6-8-16-15)14-13(19-5)10-17-18(14)12(3)4/h10-12,16H,6-9H2,1-5H3. The summed E-state index contributed by atoms with van der Waals surface area (Å²) in [6.07, 6.45) is 5.37. The van der Waals surface area contributed by atoms with Crippen molar-refractivity contribution in [3.63, 3.8) is 0 Å². The normalized spacial score (nSPS) is 23.5. The molecule has 1 N–H and O–H groups in total. The van der Waals surface area contributed by atoms with Crippen LogP contribution in [0, 0.1) is 5.92 Å². The van der Waals surface area contributed by atoms with E-state index >= 15 is 0 Å². The first-order valence-electron chi connectivity index (χ1n) is 7.37. The van der Waals surface area contributed by atoms with Crippen molar-refractivity contribution in [2.45, 2.75) is 58.5 Å². The second-order valence-electron chi connectivity index (χ2n) is 6.31. The topological polar surface area (TPSA) is 39.1 Å². The lowest BCUT2D eigenvalue weighted by atomic mass is 9.84. The molecule has 1 unspecified atom stereocenters. The molecule has 1 aromatic heterocycles. The lowest BCUT2D eigenvalue weighted by Gasteiger charge is -2.33. The van der Waals surface area contributed by atoms with Crippen LogP contribution in [-0.4, -0.2) is 23.4 Å². The molecule has 108 valence electrons. The van der Waals surface area contributed by atoms with Crippen LogP contribution < -0.4 is 10.1 Å². The molecule has 0 amide bonds. The minimum absolute atomic E-state index is 0.0281. The fourth-order valence-electron chi connectivity index (χ4n) is 3.32. The lowest BCUT2D eigenvalue weighted by Crippen LogP contribution is -2.40. The largest absolute Gasteiger partial charge is 0.493 e. The van der Waals surface area contributed by atoms with Gasteiger partial charge >= 0.3 is 0 Å². The van der Waals surface area contributed by atoms with Gasteiger partial charge in [-0.2, -0.15) is 5.10 Å². The van der Waals surface area contributed by atoms with Crippen LogP contribution in [0.5, 0.6) is 5.75 Å². The molecule has 0 spiro atoms. The average molecular weight is 265 g/mol. The second-order valence-corrected chi connectivity index (χ2v) is 6.31. The molecule has 1 atom stereocenters. The van der Waals surface area contributed by atoms with Crippen molar-refractivity contribution < 1.29 is 4.74 Å². The number of rotatable bonds is 5. The maximum absolute atomic E-state index is 5.57. The fourth-order valence-corrected chi connectivity index (χ4v) is 3.32. The van der Waals surface area contributed by atoms with Crippen LogP contribution in [0.2, 0.25) is 0 Å². The molecular weight excluding hydrogens is 238 g/mol. The highest BCUT2D eigenvalue weighted by Gasteiger charge is 2.41. The lowest BCUT2D eigenvalue weighted by molar-refractivity contribution is 0.269. The van der Waals surface area contributed by atoms with E-state index in [9.17, 15) is 0 Å². The van der Waals surface area contributed by atoms with Gasteiger partial charge in [0.05, 0.1) is 18.8 Å². The van der Waals surface area contributed by atoms with E-state index in [2.05, 4.69) is 42.8 Å². The predicted molar refractivity (Wildman–Crippen MR) is 77.5 cm³/mol. The van der Waals surface area contributed by atoms with E-state index in [1.54, 1.807) is 7.11 Å². The summed E-state index contributed by atoms with van der Waals surface area (Å²) in [7, 11) is 1.74. The van der Waals surface area contributed by atoms with Crippen LogP contribution in [0.3, 0.4) is 0 Å². The molecule has 0 saturated carbocycles. The van der Waals surface area contributed by atoms with Gasteiger partial charge < -0.3 is 10.1 Å². The van der Waals surface area contributed by atoms with Crippen LogP contribution in [0.15, 0.2) is 6.20 Å². The summed E-state index contributed by atoms with van der Waals surface area (Å²) in [4.78, 5) is 0. The van der Waals surface area contributed by atoms with E-state index in [-0.39, 0.29) is 5.54 Å². The molecular formula is C15H27N3O. The summed E-state index contributed by atoms with van der Waals surface area (Å²) in [6, 6.07) is 0.352. The first-order valence-corrected chi connectivity index (χ1v) is 7.37. The molecule has 1 saturated heterocycles. The molecule has 1 fully saturated rings. The average Bonchev–Trinajstić information content (AvgIpc) is 2.93. The van der Waals surface area contributed by atoms with Crippen LogP contribution in [-0.2, 0) is 5.54 Å². The maximum Gasteiger partial charge on any atom is 0.161 e. The number of hydrogen-bond acceptors (Lipinski definition) is 3. The highest BCUT2D eigenvalue weighted by molar-refractivity contribution is 5.34. The third-order valence-electron chi connectivity index (χ3n) is 3.92. The van der Waals surface area contributed by atoms with Crippen LogP contribution in [0.1, 0.15) is 58.7 Å². The van der Waals surface area contributed by atoms with Crippen molar-refractivity contribution in [2.75, 3.05) is 13.7 Å². The number of hydrogen-bond donors (Lipinski definition) is 1. The molecule has 2 heterocycles. The monoisotopic (exact) mass is 265 g/mol. The molecule has 0 bridgehead atoms. The molecule has 0 radical (unpaired) electrons. The minimum atomic E-state index is 0.0281.